The Labute approximate surface area is 143 Å². The Morgan fingerprint density at radius 3 is 2.87 bits per heavy atom. The van der Waals surface area contributed by atoms with E-state index >= 15 is 0 Å². The molecule has 1 saturated heterocycles. The lowest BCUT2D eigenvalue weighted by Gasteiger charge is -2.35. The summed E-state index contributed by atoms with van der Waals surface area (Å²) in [5.41, 5.74) is 1.35. The summed E-state index contributed by atoms with van der Waals surface area (Å²) >= 11 is 1.87. The minimum absolute atomic E-state index is 0.564. The number of aryl methyl sites for hydroxylation is 1. The molecule has 2 atom stereocenters. The Morgan fingerprint density at radius 1 is 1.43 bits per heavy atom. The predicted molar refractivity (Wildman–Crippen MR) is 96.7 cm³/mol. The van der Waals surface area contributed by atoms with E-state index < -0.39 is 0 Å². The SMILES string of the molecule is CC(C)N(C)[C@@H]1CCN(Cc2cccs2)[C@H]1Cc1cnn(C)c1. The highest BCUT2D eigenvalue weighted by Gasteiger charge is 2.37. The Morgan fingerprint density at radius 2 is 2.26 bits per heavy atom. The number of aromatic nitrogens is 2. The molecular weight excluding hydrogens is 304 g/mol. The van der Waals surface area contributed by atoms with Gasteiger partial charge in [0, 0.05) is 49.3 Å². The number of rotatable bonds is 6. The summed E-state index contributed by atoms with van der Waals surface area (Å²) < 4.78 is 1.91. The van der Waals surface area contributed by atoms with Gasteiger partial charge in [0.05, 0.1) is 6.20 Å². The summed E-state index contributed by atoms with van der Waals surface area (Å²) in [5.74, 6) is 0. The Balaban J connectivity index is 1.78. The number of likely N-dealkylation sites (tertiary alicyclic amines) is 1. The maximum absolute atomic E-state index is 4.35. The lowest BCUT2D eigenvalue weighted by Crippen LogP contribution is -2.46. The third kappa shape index (κ3) is 3.84. The van der Waals surface area contributed by atoms with Crippen molar-refractivity contribution >= 4 is 11.3 Å². The quantitative estimate of drug-likeness (QED) is 0.813. The van der Waals surface area contributed by atoms with Gasteiger partial charge >= 0.3 is 0 Å². The minimum Gasteiger partial charge on any atom is -0.299 e. The van der Waals surface area contributed by atoms with Crippen molar-refractivity contribution in [2.45, 2.75) is 51.4 Å². The molecule has 0 aliphatic carbocycles. The normalized spacial score (nSPS) is 22.5. The number of hydrogen-bond acceptors (Lipinski definition) is 4. The van der Waals surface area contributed by atoms with E-state index in [1.165, 1.54) is 23.4 Å². The first-order chi connectivity index (χ1) is 11.0. The molecule has 1 fully saturated rings. The largest absolute Gasteiger partial charge is 0.299 e. The molecular formula is C18H28N4S. The van der Waals surface area contributed by atoms with Gasteiger partial charge in [-0.2, -0.15) is 5.10 Å². The second kappa shape index (κ2) is 7.16. The highest BCUT2D eigenvalue weighted by atomic mass is 32.1. The van der Waals surface area contributed by atoms with Gasteiger partial charge in [-0.3, -0.25) is 14.5 Å². The van der Waals surface area contributed by atoms with Gasteiger partial charge in [0.25, 0.3) is 0 Å². The number of likely N-dealkylation sites (N-methyl/N-ethyl adjacent to an activating group) is 1. The zero-order chi connectivity index (χ0) is 16.4. The molecule has 5 heteroatoms. The third-order valence-corrected chi connectivity index (χ3v) is 5.97. The maximum atomic E-state index is 4.35. The van der Waals surface area contributed by atoms with Gasteiger partial charge in [-0.15, -0.1) is 11.3 Å². The van der Waals surface area contributed by atoms with Crippen LogP contribution in [-0.2, 0) is 20.0 Å². The summed E-state index contributed by atoms with van der Waals surface area (Å²) in [4.78, 5) is 6.69. The molecule has 0 unspecified atom stereocenters. The summed E-state index contributed by atoms with van der Waals surface area (Å²) in [5, 5.41) is 6.53. The first-order valence-corrected chi connectivity index (χ1v) is 9.38. The van der Waals surface area contributed by atoms with Gasteiger partial charge in [0.1, 0.15) is 0 Å². The maximum Gasteiger partial charge on any atom is 0.0522 e. The molecule has 0 radical (unpaired) electrons. The van der Waals surface area contributed by atoms with Crippen LogP contribution < -0.4 is 0 Å². The van der Waals surface area contributed by atoms with Crippen LogP contribution >= 0.6 is 11.3 Å². The Hall–Kier alpha value is -1.17. The van der Waals surface area contributed by atoms with E-state index in [1.54, 1.807) is 0 Å². The zero-order valence-electron chi connectivity index (χ0n) is 14.6. The highest BCUT2D eigenvalue weighted by molar-refractivity contribution is 7.09. The molecule has 0 saturated carbocycles. The molecule has 3 rings (SSSR count). The highest BCUT2D eigenvalue weighted by Crippen LogP contribution is 2.28. The van der Waals surface area contributed by atoms with Crippen molar-refractivity contribution in [1.82, 2.24) is 19.6 Å². The van der Waals surface area contributed by atoms with Crippen molar-refractivity contribution in [1.29, 1.82) is 0 Å². The van der Waals surface area contributed by atoms with E-state index in [2.05, 4.69) is 59.5 Å². The van der Waals surface area contributed by atoms with Gasteiger partial charge in [0.2, 0.25) is 0 Å². The second-order valence-corrected chi connectivity index (χ2v) is 7.99. The van der Waals surface area contributed by atoms with Crippen LogP contribution in [0.1, 0.15) is 30.7 Å². The first-order valence-electron chi connectivity index (χ1n) is 8.50. The molecule has 23 heavy (non-hydrogen) atoms. The smallest absolute Gasteiger partial charge is 0.0522 e. The second-order valence-electron chi connectivity index (χ2n) is 6.96. The van der Waals surface area contributed by atoms with Gasteiger partial charge in [-0.25, -0.2) is 0 Å². The van der Waals surface area contributed by atoms with E-state index in [4.69, 9.17) is 0 Å². The molecule has 0 aromatic carbocycles. The summed E-state index contributed by atoms with van der Waals surface area (Å²) in [6.45, 7) is 6.85. The minimum atomic E-state index is 0.564. The van der Waals surface area contributed by atoms with E-state index in [1.807, 2.05) is 29.3 Å². The number of nitrogens with zero attached hydrogens (tertiary/aromatic N) is 4. The monoisotopic (exact) mass is 332 g/mol. The van der Waals surface area contributed by atoms with Crippen molar-refractivity contribution in [2.24, 2.45) is 7.05 Å². The Kier molecular flexibility index (Phi) is 5.19. The van der Waals surface area contributed by atoms with E-state index in [-0.39, 0.29) is 0 Å². The van der Waals surface area contributed by atoms with Crippen molar-refractivity contribution < 1.29 is 0 Å². The van der Waals surface area contributed by atoms with Crippen LogP contribution in [0.25, 0.3) is 0 Å². The standard InChI is InChI=1S/C18H28N4S/c1-14(2)21(4)17-7-8-22(13-16-6-5-9-23-16)18(17)10-15-11-19-20(3)12-15/h5-6,9,11-12,14,17-18H,7-8,10,13H2,1-4H3/t17-,18+/m1/s1. The zero-order valence-corrected chi connectivity index (χ0v) is 15.5. The van der Waals surface area contributed by atoms with Crippen LogP contribution in [0.15, 0.2) is 29.9 Å². The number of thiophene rings is 1. The fraction of sp³-hybridized carbons (Fsp3) is 0.611. The fourth-order valence-corrected chi connectivity index (χ4v) is 4.37. The molecule has 1 aliphatic rings. The van der Waals surface area contributed by atoms with Crippen LogP contribution in [0.4, 0.5) is 0 Å². The van der Waals surface area contributed by atoms with Gasteiger partial charge in [0.15, 0.2) is 0 Å². The van der Waals surface area contributed by atoms with Crippen molar-refractivity contribution in [3.63, 3.8) is 0 Å². The molecule has 4 nitrogen and oxygen atoms in total. The topological polar surface area (TPSA) is 24.3 Å². The molecule has 0 N–H and O–H groups in total. The van der Waals surface area contributed by atoms with Crippen LogP contribution in [0, 0.1) is 0 Å². The van der Waals surface area contributed by atoms with Gasteiger partial charge in [-0.05, 0) is 50.7 Å². The Bertz CT molecular complexity index is 604. The van der Waals surface area contributed by atoms with E-state index in [0.717, 1.165) is 13.0 Å². The molecule has 3 heterocycles. The summed E-state index contributed by atoms with van der Waals surface area (Å²) in [6, 6.07) is 6.18. The predicted octanol–water partition coefficient (Wildman–Crippen LogP) is 3.01. The summed E-state index contributed by atoms with van der Waals surface area (Å²) in [7, 11) is 4.28. The average molecular weight is 333 g/mol. The van der Waals surface area contributed by atoms with Crippen LogP contribution in [-0.4, -0.2) is 51.3 Å². The average Bonchev–Trinajstić information content (AvgIpc) is 3.23. The molecule has 126 valence electrons. The molecule has 0 amide bonds. The van der Waals surface area contributed by atoms with Gasteiger partial charge < -0.3 is 0 Å². The van der Waals surface area contributed by atoms with Gasteiger partial charge in [-0.1, -0.05) is 6.07 Å². The van der Waals surface area contributed by atoms with E-state index in [9.17, 15) is 0 Å². The van der Waals surface area contributed by atoms with Crippen LogP contribution in [0.2, 0.25) is 0 Å². The van der Waals surface area contributed by atoms with Crippen LogP contribution in [0.3, 0.4) is 0 Å². The molecule has 0 bridgehead atoms. The first kappa shape index (κ1) is 16.7. The fourth-order valence-electron chi connectivity index (χ4n) is 3.64. The van der Waals surface area contributed by atoms with Crippen molar-refractivity contribution in [2.75, 3.05) is 13.6 Å². The lowest BCUT2D eigenvalue weighted by atomic mass is 10.00. The molecule has 2 aromatic rings. The summed E-state index contributed by atoms with van der Waals surface area (Å²) in [6.07, 6.45) is 6.52. The van der Waals surface area contributed by atoms with Crippen LogP contribution in [0.5, 0.6) is 0 Å². The van der Waals surface area contributed by atoms with Crippen molar-refractivity contribution in [3.05, 3.63) is 40.3 Å². The third-order valence-electron chi connectivity index (χ3n) is 5.11. The molecule has 2 aromatic heterocycles. The molecule has 1 aliphatic heterocycles. The molecule has 0 spiro atoms. The number of hydrogen-bond donors (Lipinski definition) is 0. The van der Waals surface area contributed by atoms with E-state index in [0.29, 0.717) is 18.1 Å². The van der Waals surface area contributed by atoms with Crippen molar-refractivity contribution in [3.8, 4) is 0 Å². The lowest BCUT2D eigenvalue weighted by molar-refractivity contribution is 0.135.